The Balaban J connectivity index is 2.00. The maximum absolute atomic E-state index is 9.22. The van der Waals surface area contributed by atoms with Gasteiger partial charge in [-0.05, 0) is 66.8 Å². The number of aliphatic hydroxyl groups excluding tert-OH is 1. The number of fused-ring (bicyclic) bond motifs is 2. The molecule has 102 valence electrons. The van der Waals surface area contributed by atoms with E-state index in [1.807, 2.05) is 0 Å². The fourth-order valence-electron chi connectivity index (χ4n) is 3.20. The average Bonchev–Trinajstić information content (AvgIpc) is 2.66. The lowest BCUT2D eigenvalue weighted by molar-refractivity contribution is 0.237. The first-order valence-corrected chi connectivity index (χ1v) is 7.50. The molecule has 1 unspecified atom stereocenters. The molecule has 1 atom stereocenters. The molecule has 1 aliphatic rings. The molecule has 1 aromatic carbocycles. The van der Waals surface area contributed by atoms with Gasteiger partial charge in [0.1, 0.15) is 0 Å². The van der Waals surface area contributed by atoms with E-state index in [0.29, 0.717) is 5.92 Å². The Morgan fingerprint density at radius 3 is 2.63 bits per heavy atom. The van der Waals surface area contributed by atoms with Crippen molar-refractivity contribution in [3.63, 3.8) is 0 Å². The molecule has 1 aliphatic carbocycles. The van der Waals surface area contributed by atoms with E-state index in [0.717, 1.165) is 6.42 Å². The first kappa shape index (κ1) is 12.7. The molecule has 19 heavy (non-hydrogen) atoms. The summed E-state index contributed by atoms with van der Waals surface area (Å²) < 4.78 is 0. The fraction of sp³-hybridized carbons (Fsp3) is 0.529. The maximum Gasteiger partial charge on any atom is 0.0459 e. The molecule has 2 heteroatoms. The number of H-pyrrole nitrogens is 1. The molecule has 0 saturated carbocycles. The van der Waals surface area contributed by atoms with Crippen LogP contribution in [0, 0.1) is 5.92 Å². The molecule has 1 heterocycles. The van der Waals surface area contributed by atoms with Crippen molar-refractivity contribution in [3.05, 3.63) is 35.0 Å². The molecule has 3 rings (SSSR count). The van der Waals surface area contributed by atoms with E-state index in [9.17, 15) is 5.11 Å². The number of hydrogen-bond acceptors (Lipinski definition) is 1. The van der Waals surface area contributed by atoms with Crippen molar-refractivity contribution in [2.45, 2.75) is 45.4 Å². The summed E-state index contributed by atoms with van der Waals surface area (Å²) in [7, 11) is 0. The minimum absolute atomic E-state index is 0.262. The predicted molar refractivity (Wildman–Crippen MR) is 79.5 cm³/mol. The summed E-state index contributed by atoms with van der Waals surface area (Å²) in [6, 6.07) is 4.75. The van der Waals surface area contributed by atoms with E-state index >= 15 is 0 Å². The molecule has 1 aromatic heterocycles. The SMILES string of the molecule is CC(CO)Cc1c[nH]c2cc3c(cc12)CCCCC3. The van der Waals surface area contributed by atoms with Crippen molar-refractivity contribution >= 4 is 10.9 Å². The molecule has 0 fully saturated rings. The van der Waals surface area contributed by atoms with Crippen molar-refractivity contribution < 1.29 is 5.11 Å². The van der Waals surface area contributed by atoms with E-state index < -0.39 is 0 Å². The third kappa shape index (κ3) is 2.55. The number of rotatable bonds is 3. The number of aliphatic hydroxyl groups is 1. The zero-order valence-electron chi connectivity index (χ0n) is 11.7. The molecular formula is C17H23NO. The minimum Gasteiger partial charge on any atom is -0.396 e. The van der Waals surface area contributed by atoms with Gasteiger partial charge >= 0.3 is 0 Å². The third-order valence-corrected chi connectivity index (χ3v) is 4.36. The Bertz CT molecular complexity index is 570. The van der Waals surface area contributed by atoms with Crippen molar-refractivity contribution in [1.29, 1.82) is 0 Å². The second kappa shape index (κ2) is 5.38. The number of benzene rings is 1. The number of aromatic nitrogens is 1. The Morgan fingerprint density at radius 1 is 1.16 bits per heavy atom. The summed E-state index contributed by atoms with van der Waals surface area (Å²) in [5.41, 5.74) is 5.69. The van der Waals surface area contributed by atoms with Crippen LogP contribution in [0.25, 0.3) is 10.9 Å². The highest BCUT2D eigenvalue weighted by Gasteiger charge is 2.13. The highest BCUT2D eigenvalue weighted by atomic mass is 16.3. The van der Waals surface area contributed by atoms with Crippen LogP contribution in [0.3, 0.4) is 0 Å². The van der Waals surface area contributed by atoms with Gasteiger partial charge in [-0.15, -0.1) is 0 Å². The molecule has 2 nitrogen and oxygen atoms in total. The van der Waals surface area contributed by atoms with Gasteiger partial charge in [-0.1, -0.05) is 13.3 Å². The molecule has 0 amide bonds. The maximum atomic E-state index is 9.22. The fourth-order valence-corrected chi connectivity index (χ4v) is 3.20. The van der Waals surface area contributed by atoms with Crippen LogP contribution in [-0.2, 0) is 19.3 Å². The Morgan fingerprint density at radius 2 is 1.89 bits per heavy atom. The second-order valence-corrected chi connectivity index (χ2v) is 6.03. The standard InChI is InChI=1S/C17H23NO/c1-12(11-19)7-15-10-18-17-9-14-6-4-2-3-5-13(14)8-16(15)17/h8-10,12,18-19H,2-7,11H2,1H3. The smallest absolute Gasteiger partial charge is 0.0459 e. The molecule has 0 saturated heterocycles. The number of aryl methyl sites for hydroxylation is 2. The highest BCUT2D eigenvalue weighted by Crippen LogP contribution is 2.28. The second-order valence-electron chi connectivity index (χ2n) is 6.03. The summed E-state index contributed by atoms with van der Waals surface area (Å²) in [5.74, 6) is 0.331. The van der Waals surface area contributed by atoms with Gasteiger partial charge in [0, 0.05) is 23.7 Å². The van der Waals surface area contributed by atoms with Crippen molar-refractivity contribution in [2.75, 3.05) is 6.61 Å². The van der Waals surface area contributed by atoms with E-state index in [1.54, 1.807) is 5.56 Å². The van der Waals surface area contributed by atoms with E-state index in [2.05, 4.69) is 30.2 Å². The lowest BCUT2D eigenvalue weighted by Gasteiger charge is -2.09. The van der Waals surface area contributed by atoms with Gasteiger partial charge in [0.15, 0.2) is 0 Å². The average molecular weight is 257 g/mol. The van der Waals surface area contributed by atoms with Crippen LogP contribution in [0.2, 0.25) is 0 Å². The number of aromatic amines is 1. The van der Waals surface area contributed by atoms with Gasteiger partial charge in [-0.3, -0.25) is 0 Å². The number of hydrogen-bond donors (Lipinski definition) is 2. The van der Waals surface area contributed by atoms with Crippen molar-refractivity contribution in [1.82, 2.24) is 4.98 Å². The van der Waals surface area contributed by atoms with Gasteiger partial charge < -0.3 is 10.1 Å². The Hall–Kier alpha value is -1.28. The topological polar surface area (TPSA) is 36.0 Å². The van der Waals surface area contributed by atoms with E-state index in [1.165, 1.54) is 54.1 Å². The van der Waals surface area contributed by atoms with Crippen LogP contribution >= 0.6 is 0 Å². The van der Waals surface area contributed by atoms with Crippen molar-refractivity contribution in [2.24, 2.45) is 5.92 Å². The van der Waals surface area contributed by atoms with Crippen LogP contribution in [0.15, 0.2) is 18.3 Å². The van der Waals surface area contributed by atoms with Gasteiger partial charge in [-0.2, -0.15) is 0 Å². The van der Waals surface area contributed by atoms with Crippen LogP contribution < -0.4 is 0 Å². The van der Waals surface area contributed by atoms with Crippen molar-refractivity contribution in [3.8, 4) is 0 Å². The molecular weight excluding hydrogens is 234 g/mol. The first-order valence-electron chi connectivity index (χ1n) is 7.50. The predicted octanol–water partition coefficient (Wildman–Crippen LogP) is 3.61. The molecule has 0 bridgehead atoms. The van der Waals surface area contributed by atoms with Gasteiger partial charge in [0.2, 0.25) is 0 Å². The van der Waals surface area contributed by atoms with Gasteiger partial charge in [-0.25, -0.2) is 0 Å². The summed E-state index contributed by atoms with van der Waals surface area (Å²) in [5, 5.41) is 10.6. The summed E-state index contributed by atoms with van der Waals surface area (Å²) in [6.07, 6.45) is 9.54. The van der Waals surface area contributed by atoms with Crippen LogP contribution in [0.1, 0.15) is 42.9 Å². The zero-order valence-corrected chi connectivity index (χ0v) is 11.7. The van der Waals surface area contributed by atoms with E-state index in [-0.39, 0.29) is 6.61 Å². The van der Waals surface area contributed by atoms with Crippen LogP contribution in [0.5, 0.6) is 0 Å². The summed E-state index contributed by atoms with van der Waals surface area (Å²) in [4.78, 5) is 3.41. The third-order valence-electron chi connectivity index (χ3n) is 4.36. The first-order chi connectivity index (χ1) is 9.28. The zero-order chi connectivity index (χ0) is 13.2. The molecule has 0 spiro atoms. The lowest BCUT2D eigenvalue weighted by Crippen LogP contribution is -2.04. The normalized spacial score (nSPS) is 17.2. The molecule has 0 radical (unpaired) electrons. The number of nitrogens with one attached hydrogen (secondary N) is 1. The minimum atomic E-state index is 0.262. The van der Waals surface area contributed by atoms with Gasteiger partial charge in [0.05, 0.1) is 0 Å². The quantitative estimate of drug-likeness (QED) is 0.810. The largest absolute Gasteiger partial charge is 0.396 e. The summed E-state index contributed by atoms with van der Waals surface area (Å²) >= 11 is 0. The van der Waals surface area contributed by atoms with Crippen LogP contribution in [-0.4, -0.2) is 16.7 Å². The van der Waals surface area contributed by atoms with E-state index in [4.69, 9.17) is 0 Å². The molecule has 2 N–H and O–H groups in total. The Kier molecular flexibility index (Phi) is 3.61. The Labute approximate surface area is 114 Å². The lowest BCUT2D eigenvalue weighted by atomic mass is 9.96. The molecule has 2 aromatic rings. The van der Waals surface area contributed by atoms with Crippen LogP contribution in [0.4, 0.5) is 0 Å². The molecule has 0 aliphatic heterocycles. The summed E-state index contributed by atoms with van der Waals surface area (Å²) in [6.45, 7) is 2.36. The van der Waals surface area contributed by atoms with Gasteiger partial charge in [0.25, 0.3) is 0 Å². The monoisotopic (exact) mass is 257 g/mol. The highest BCUT2D eigenvalue weighted by molar-refractivity contribution is 5.85.